The summed E-state index contributed by atoms with van der Waals surface area (Å²) in [5.74, 6) is -0.463. The third-order valence-electron chi connectivity index (χ3n) is 3.92. The molecule has 0 radical (unpaired) electrons. The van der Waals surface area contributed by atoms with E-state index in [4.69, 9.17) is 4.74 Å². The lowest BCUT2D eigenvalue weighted by molar-refractivity contribution is -0.118. The number of hydrogen-bond donors (Lipinski definition) is 2. The second kappa shape index (κ2) is 8.67. The van der Waals surface area contributed by atoms with Crippen LogP contribution >= 0.6 is 15.9 Å². The fourth-order valence-corrected chi connectivity index (χ4v) is 2.63. The molecule has 0 aliphatic heterocycles. The molecule has 0 bridgehead atoms. The van der Waals surface area contributed by atoms with Gasteiger partial charge in [0.1, 0.15) is 5.75 Å². The van der Waals surface area contributed by atoms with E-state index in [9.17, 15) is 14.7 Å². The van der Waals surface area contributed by atoms with Gasteiger partial charge in [0.15, 0.2) is 6.61 Å². The summed E-state index contributed by atoms with van der Waals surface area (Å²) >= 11 is 3.21. The van der Waals surface area contributed by atoms with Crippen molar-refractivity contribution >= 4 is 33.5 Å². The Morgan fingerprint density at radius 1 is 1.20 bits per heavy atom. The van der Waals surface area contributed by atoms with E-state index in [2.05, 4.69) is 35.1 Å². The van der Waals surface area contributed by atoms with Gasteiger partial charge in [0.2, 0.25) is 0 Å². The molecule has 1 unspecified atom stereocenters. The number of nitrogens with one attached hydrogen (secondary N) is 1. The zero-order valence-electron chi connectivity index (χ0n) is 14.1. The van der Waals surface area contributed by atoms with E-state index in [0.717, 1.165) is 6.42 Å². The Labute approximate surface area is 155 Å². The molecule has 1 amide bonds. The molecule has 0 spiro atoms. The maximum absolute atomic E-state index is 12.0. The minimum atomic E-state index is -1.11. The van der Waals surface area contributed by atoms with Gasteiger partial charge in [0.05, 0.1) is 11.3 Å². The molecule has 5 nitrogen and oxygen atoms in total. The molecule has 0 aliphatic carbocycles. The van der Waals surface area contributed by atoms with Crippen LogP contribution < -0.4 is 10.1 Å². The van der Waals surface area contributed by atoms with Crippen LogP contribution in [0, 0.1) is 0 Å². The molecule has 6 heteroatoms. The number of hydrogen-bond acceptors (Lipinski definition) is 3. The van der Waals surface area contributed by atoms with E-state index in [1.807, 2.05) is 24.3 Å². The van der Waals surface area contributed by atoms with Gasteiger partial charge < -0.3 is 15.2 Å². The highest BCUT2D eigenvalue weighted by Gasteiger charge is 2.13. The van der Waals surface area contributed by atoms with E-state index >= 15 is 0 Å². The predicted molar refractivity (Wildman–Crippen MR) is 100 cm³/mol. The first kappa shape index (κ1) is 19.0. The van der Waals surface area contributed by atoms with Gasteiger partial charge in [0, 0.05) is 4.47 Å². The van der Waals surface area contributed by atoms with Crippen molar-refractivity contribution in [3.63, 3.8) is 0 Å². The van der Waals surface area contributed by atoms with Gasteiger partial charge in [-0.15, -0.1) is 0 Å². The normalized spacial score (nSPS) is 11.6. The van der Waals surface area contributed by atoms with E-state index in [0.29, 0.717) is 16.1 Å². The second-order valence-corrected chi connectivity index (χ2v) is 6.63. The average Bonchev–Trinajstić information content (AvgIpc) is 2.61. The van der Waals surface area contributed by atoms with Crippen LogP contribution in [-0.4, -0.2) is 23.6 Å². The molecule has 0 heterocycles. The first-order valence-corrected chi connectivity index (χ1v) is 8.75. The minimum absolute atomic E-state index is 0.0145. The molecule has 25 heavy (non-hydrogen) atoms. The highest BCUT2D eigenvalue weighted by Crippen LogP contribution is 2.22. The molecule has 0 aromatic heterocycles. The van der Waals surface area contributed by atoms with Crippen LogP contribution in [0.3, 0.4) is 0 Å². The van der Waals surface area contributed by atoms with Crippen LogP contribution in [0.2, 0.25) is 0 Å². The van der Waals surface area contributed by atoms with Gasteiger partial charge >= 0.3 is 5.97 Å². The standard InChI is InChI=1S/C19H20BrNO4/c1-3-12(2)13-4-7-15(8-5-13)25-11-18(22)21-17-9-6-14(20)10-16(17)19(23)24/h4-10,12H,3,11H2,1-2H3,(H,21,22)(H,23,24). The summed E-state index contributed by atoms with van der Waals surface area (Å²) in [5, 5.41) is 11.8. The fourth-order valence-electron chi connectivity index (χ4n) is 2.27. The number of carbonyl (C=O) groups excluding carboxylic acids is 1. The molecular weight excluding hydrogens is 386 g/mol. The molecule has 2 rings (SSSR count). The molecular formula is C19H20BrNO4. The van der Waals surface area contributed by atoms with Gasteiger partial charge in [-0.1, -0.05) is 41.9 Å². The number of halogens is 1. The summed E-state index contributed by atoms with van der Waals surface area (Å²) in [6.07, 6.45) is 1.06. The highest BCUT2D eigenvalue weighted by atomic mass is 79.9. The van der Waals surface area contributed by atoms with Crippen molar-refractivity contribution in [2.45, 2.75) is 26.2 Å². The number of amides is 1. The molecule has 132 valence electrons. The molecule has 1 atom stereocenters. The summed E-state index contributed by atoms with van der Waals surface area (Å²) in [5.41, 5.74) is 1.47. The highest BCUT2D eigenvalue weighted by molar-refractivity contribution is 9.10. The molecule has 2 aromatic rings. The maximum atomic E-state index is 12.0. The van der Waals surface area contributed by atoms with E-state index in [1.165, 1.54) is 17.7 Å². The Balaban J connectivity index is 1.96. The third kappa shape index (κ3) is 5.32. The Morgan fingerprint density at radius 2 is 1.88 bits per heavy atom. The zero-order chi connectivity index (χ0) is 18.4. The lowest BCUT2D eigenvalue weighted by Crippen LogP contribution is -2.21. The van der Waals surface area contributed by atoms with Crippen LogP contribution in [0.5, 0.6) is 5.75 Å². The van der Waals surface area contributed by atoms with Gasteiger partial charge in [0.25, 0.3) is 5.91 Å². The molecule has 0 saturated heterocycles. The lowest BCUT2D eigenvalue weighted by atomic mass is 9.99. The van der Waals surface area contributed by atoms with Crippen molar-refractivity contribution in [2.75, 3.05) is 11.9 Å². The number of carboxylic acid groups (broad SMARTS) is 1. The van der Waals surface area contributed by atoms with Gasteiger partial charge in [-0.2, -0.15) is 0 Å². The summed E-state index contributed by atoms with van der Waals surface area (Å²) in [6, 6.07) is 12.3. The number of ether oxygens (including phenoxy) is 1. The van der Waals surface area contributed by atoms with Crippen molar-refractivity contribution in [3.05, 3.63) is 58.1 Å². The first-order chi connectivity index (χ1) is 11.9. The Kier molecular flexibility index (Phi) is 6.58. The van der Waals surface area contributed by atoms with Crippen LogP contribution in [-0.2, 0) is 4.79 Å². The first-order valence-electron chi connectivity index (χ1n) is 7.96. The molecule has 0 fully saturated rings. The number of benzene rings is 2. The van der Waals surface area contributed by atoms with Crippen LogP contribution in [0.4, 0.5) is 5.69 Å². The SMILES string of the molecule is CCC(C)c1ccc(OCC(=O)Nc2ccc(Br)cc2C(=O)O)cc1. The van der Waals surface area contributed by atoms with E-state index in [-0.39, 0.29) is 17.9 Å². The van der Waals surface area contributed by atoms with E-state index in [1.54, 1.807) is 6.07 Å². The van der Waals surface area contributed by atoms with Gasteiger partial charge in [-0.25, -0.2) is 4.79 Å². The number of carbonyl (C=O) groups is 2. The van der Waals surface area contributed by atoms with Crippen LogP contribution in [0.25, 0.3) is 0 Å². The minimum Gasteiger partial charge on any atom is -0.484 e. The average molecular weight is 406 g/mol. The second-order valence-electron chi connectivity index (χ2n) is 5.71. The number of aromatic carboxylic acids is 1. The predicted octanol–water partition coefficient (Wildman–Crippen LogP) is 4.68. The van der Waals surface area contributed by atoms with Crippen LogP contribution in [0.1, 0.15) is 42.1 Å². The van der Waals surface area contributed by atoms with Crippen molar-refractivity contribution < 1.29 is 19.4 Å². The number of rotatable bonds is 7. The summed E-state index contributed by atoms with van der Waals surface area (Å²) in [7, 11) is 0. The lowest BCUT2D eigenvalue weighted by Gasteiger charge is -2.12. The number of carboxylic acids is 1. The molecule has 2 aromatic carbocycles. The summed E-state index contributed by atoms with van der Waals surface area (Å²) in [4.78, 5) is 23.3. The third-order valence-corrected chi connectivity index (χ3v) is 4.41. The van der Waals surface area contributed by atoms with E-state index < -0.39 is 11.9 Å². The largest absolute Gasteiger partial charge is 0.484 e. The molecule has 2 N–H and O–H groups in total. The smallest absolute Gasteiger partial charge is 0.337 e. The molecule has 0 saturated carbocycles. The van der Waals surface area contributed by atoms with Crippen molar-refractivity contribution in [3.8, 4) is 5.75 Å². The molecule has 0 aliphatic rings. The number of anilines is 1. The van der Waals surface area contributed by atoms with Gasteiger partial charge in [-0.05, 0) is 48.2 Å². The maximum Gasteiger partial charge on any atom is 0.337 e. The van der Waals surface area contributed by atoms with Crippen molar-refractivity contribution in [1.82, 2.24) is 0 Å². The topological polar surface area (TPSA) is 75.6 Å². The Hall–Kier alpha value is -2.34. The summed E-state index contributed by atoms with van der Waals surface area (Å²) < 4.78 is 6.09. The quantitative estimate of drug-likeness (QED) is 0.700. The zero-order valence-corrected chi connectivity index (χ0v) is 15.7. The van der Waals surface area contributed by atoms with Gasteiger partial charge in [-0.3, -0.25) is 4.79 Å². The Bertz CT molecular complexity index is 759. The monoisotopic (exact) mass is 405 g/mol. The Morgan fingerprint density at radius 3 is 2.48 bits per heavy atom. The fraction of sp³-hybridized carbons (Fsp3) is 0.263. The summed E-state index contributed by atoms with van der Waals surface area (Å²) in [6.45, 7) is 4.09. The van der Waals surface area contributed by atoms with Crippen molar-refractivity contribution in [1.29, 1.82) is 0 Å². The van der Waals surface area contributed by atoms with Crippen LogP contribution in [0.15, 0.2) is 46.9 Å². The van der Waals surface area contributed by atoms with Crippen molar-refractivity contribution in [2.24, 2.45) is 0 Å².